The lowest BCUT2D eigenvalue weighted by atomic mass is 9.96. The van der Waals surface area contributed by atoms with Gasteiger partial charge in [-0.3, -0.25) is 14.5 Å². The number of morpholine rings is 1. The lowest BCUT2D eigenvalue weighted by molar-refractivity contribution is -0.129. The van der Waals surface area contributed by atoms with E-state index in [9.17, 15) is 14.7 Å². The summed E-state index contributed by atoms with van der Waals surface area (Å²) in [6.45, 7) is 5.45. The van der Waals surface area contributed by atoms with Gasteiger partial charge in [-0.2, -0.15) is 0 Å². The Morgan fingerprint density at radius 1 is 1.23 bits per heavy atom. The highest BCUT2D eigenvalue weighted by Crippen LogP contribution is 2.37. The molecule has 3 rings (SSSR count). The van der Waals surface area contributed by atoms with Crippen LogP contribution in [0.4, 0.5) is 0 Å². The van der Waals surface area contributed by atoms with Crippen LogP contribution in [-0.4, -0.2) is 73.1 Å². The molecule has 0 aliphatic carbocycles. The average Bonchev–Trinajstić information content (AvgIpc) is 2.92. The molecule has 1 aromatic rings. The summed E-state index contributed by atoms with van der Waals surface area (Å²) in [6.07, 6.45) is 0. The van der Waals surface area contributed by atoms with Gasteiger partial charge in [-0.15, -0.1) is 0 Å². The van der Waals surface area contributed by atoms with E-state index in [4.69, 9.17) is 9.47 Å². The van der Waals surface area contributed by atoms with Gasteiger partial charge in [0.15, 0.2) is 11.5 Å². The first-order chi connectivity index (χ1) is 12.5. The van der Waals surface area contributed by atoms with Crippen molar-refractivity contribution in [2.75, 3.05) is 46.5 Å². The zero-order valence-corrected chi connectivity index (χ0v) is 15.1. The predicted molar refractivity (Wildman–Crippen MR) is 95.0 cm³/mol. The summed E-state index contributed by atoms with van der Waals surface area (Å²) in [4.78, 5) is 28.5. The van der Waals surface area contributed by atoms with E-state index in [0.717, 1.165) is 18.7 Å². The predicted octanol–water partition coefficient (Wildman–Crippen LogP) is 1.31. The number of methoxy groups -OCH3 is 1. The summed E-state index contributed by atoms with van der Waals surface area (Å²) >= 11 is 0. The molecule has 2 heterocycles. The number of ketones is 1. The monoisotopic (exact) mass is 360 g/mol. The molecule has 1 N–H and O–H groups in total. The van der Waals surface area contributed by atoms with Gasteiger partial charge >= 0.3 is 0 Å². The molecule has 1 fully saturated rings. The van der Waals surface area contributed by atoms with E-state index in [1.165, 1.54) is 6.92 Å². The molecule has 1 amide bonds. The number of amides is 1. The Bertz CT molecular complexity index is 707. The lowest BCUT2D eigenvalue weighted by Crippen LogP contribution is -2.43. The third-order valence-corrected chi connectivity index (χ3v) is 4.88. The summed E-state index contributed by atoms with van der Waals surface area (Å²) in [5, 5.41) is 10.3. The Morgan fingerprint density at radius 2 is 1.88 bits per heavy atom. The van der Waals surface area contributed by atoms with Crippen molar-refractivity contribution in [1.29, 1.82) is 0 Å². The van der Waals surface area contributed by atoms with Gasteiger partial charge < -0.3 is 19.5 Å². The first kappa shape index (κ1) is 18.4. The molecule has 0 aromatic heterocycles. The summed E-state index contributed by atoms with van der Waals surface area (Å²) in [5.41, 5.74) is 0.928. The van der Waals surface area contributed by atoms with Gasteiger partial charge in [0.05, 0.1) is 31.9 Å². The molecule has 140 valence electrons. The number of ether oxygens (including phenoxy) is 2. The van der Waals surface area contributed by atoms with Gasteiger partial charge in [0.1, 0.15) is 5.75 Å². The van der Waals surface area contributed by atoms with Crippen LogP contribution in [0.2, 0.25) is 0 Å². The Labute approximate surface area is 152 Å². The molecule has 0 spiro atoms. The number of aliphatic hydroxyl groups excluding tert-OH is 1. The van der Waals surface area contributed by atoms with E-state index < -0.39 is 17.7 Å². The SMILES string of the molecule is COc1ccc([C@H]2C(C(C)=O)=C(O)C(=O)N2CCN2CCOCC2)cc1. The minimum Gasteiger partial charge on any atom is -0.503 e. The van der Waals surface area contributed by atoms with Crippen molar-refractivity contribution in [2.24, 2.45) is 0 Å². The van der Waals surface area contributed by atoms with Crippen molar-refractivity contribution in [1.82, 2.24) is 9.80 Å². The number of carbonyl (C=O) groups excluding carboxylic acids is 2. The molecule has 0 unspecified atom stereocenters. The molecular formula is C19H24N2O5. The fourth-order valence-corrected chi connectivity index (χ4v) is 3.45. The normalized spacial score (nSPS) is 21.4. The molecule has 0 saturated carbocycles. The number of aliphatic hydroxyl groups is 1. The van der Waals surface area contributed by atoms with Crippen LogP contribution in [0, 0.1) is 0 Å². The molecule has 2 aliphatic heterocycles. The lowest BCUT2D eigenvalue weighted by Gasteiger charge is -2.31. The maximum absolute atomic E-state index is 12.6. The van der Waals surface area contributed by atoms with E-state index in [0.29, 0.717) is 32.1 Å². The van der Waals surface area contributed by atoms with Crippen LogP contribution in [0.3, 0.4) is 0 Å². The highest BCUT2D eigenvalue weighted by molar-refractivity contribution is 6.08. The highest BCUT2D eigenvalue weighted by Gasteiger charge is 2.42. The second-order valence-electron chi connectivity index (χ2n) is 6.45. The van der Waals surface area contributed by atoms with E-state index >= 15 is 0 Å². The zero-order chi connectivity index (χ0) is 18.7. The summed E-state index contributed by atoms with van der Waals surface area (Å²) in [6, 6.07) is 6.63. The number of carbonyl (C=O) groups is 2. The first-order valence-corrected chi connectivity index (χ1v) is 8.72. The van der Waals surface area contributed by atoms with Crippen molar-refractivity contribution in [3.8, 4) is 5.75 Å². The maximum atomic E-state index is 12.6. The zero-order valence-electron chi connectivity index (χ0n) is 15.1. The molecule has 7 heteroatoms. The number of hydrogen-bond donors (Lipinski definition) is 1. The van der Waals surface area contributed by atoms with Gasteiger partial charge in [-0.25, -0.2) is 0 Å². The van der Waals surface area contributed by atoms with Gasteiger partial charge in [0.25, 0.3) is 5.91 Å². The van der Waals surface area contributed by atoms with Gasteiger partial charge in [0, 0.05) is 26.2 Å². The fraction of sp³-hybridized carbons (Fsp3) is 0.474. The largest absolute Gasteiger partial charge is 0.503 e. The van der Waals surface area contributed by atoms with Crippen molar-refractivity contribution in [2.45, 2.75) is 13.0 Å². The highest BCUT2D eigenvalue weighted by atomic mass is 16.5. The molecule has 0 bridgehead atoms. The average molecular weight is 360 g/mol. The molecule has 1 aromatic carbocycles. The van der Waals surface area contributed by atoms with E-state index in [1.807, 2.05) is 12.1 Å². The van der Waals surface area contributed by atoms with Crippen LogP contribution >= 0.6 is 0 Å². The Morgan fingerprint density at radius 3 is 2.46 bits per heavy atom. The van der Waals surface area contributed by atoms with E-state index in [-0.39, 0.29) is 11.4 Å². The summed E-state index contributed by atoms with van der Waals surface area (Å²) < 4.78 is 10.5. The maximum Gasteiger partial charge on any atom is 0.290 e. The van der Waals surface area contributed by atoms with Crippen LogP contribution in [0.1, 0.15) is 18.5 Å². The standard InChI is InChI=1S/C19H24N2O5/c1-13(22)16-17(14-3-5-15(25-2)6-4-14)21(19(24)18(16)23)8-7-20-9-11-26-12-10-20/h3-6,17,23H,7-12H2,1-2H3/t17-/m0/s1. The molecule has 7 nitrogen and oxygen atoms in total. The van der Waals surface area contributed by atoms with Gasteiger partial charge in [-0.05, 0) is 24.6 Å². The third-order valence-electron chi connectivity index (χ3n) is 4.88. The number of benzene rings is 1. The van der Waals surface area contributed by atoms with Gasteiger partial charge in [-0.1, -0.05) is 12.1 Å². The molecule has 1 atom stereocenters. The van der Waals surface area contributed by atoms with Gasteiger partial charge in [0.2, 0.25) is 0 Å². The first-order valence-electron chi connectivity index (χ1n) is 8.72. The molecule has 0 radical (unpaired) electrons. The van der Waals surface area contributed by atoms with Crippen molar-refractivity contribution in [3.63, 3.8) is 0 Å². The summed E-state index contributed by atoms with van der Waals surface area (Å²) in [7, 11) is 1.58. The third kappa shape index (κ3) is 3.59. The fourth-order valence-electron chi connectivity index (χ4n) is 3.45. The number of rotatable bonds is 6. The number of hydrogen-bond acceptors (Lipinski definition) is 6. The van der Waals surface area contributed by atoms with Crippen LogP contribution in [0.5, 0.6) is 5.75 Å². The minimum absolute atomic E-state index is 0.155. The second kappa shape index (κ2) is 7.88. The molecule has 26 heavy (non-hydrogen) atoms. The van der Waals surface area contributed by atoms with Crippen LogP contribution in [0.15, 0.2) is 35.6 Å². The van der Waals surface area contributed by atoms with Crippen LogP contribution in [-0.2, 0) is 14.3 Å². The van der Waals surface area contributed by atoms with Crippen LogP contribution < -0.4 is 4.74 Å². The van der Waals surface area contributed by atoms with Crippen LogP contribution in [0.25, 0.3) is 0 Å². The Balaban J connectivity index is 1.85. The number of nitrogens with zero attached hydrogens (tertiary/aromatic N) is 2. The number of Topliss-reactive ketones (excluding diaryl/α,β-unsaturated/α-hetero) is 1. The van der Waals surface area contributed by atoms with E-state index in [1.54, 1.807) is 24.1 Å². The Hall–Kier alpha value is -2.38. The van der Waals surface area contributed by atoms with Crippen molar-refractivity contribution >= 4 is 11.7 Å². The molecule has 1 saturated heterocycles. The Kier molecular flexibility index (Phi) is 5.58. The second-order valence-corrected chi connectivity index (χ2v) is 6.45. The van der Waals surface area contributed by atoms with Crippen molar-refractivity contribution in [3.05, 3.63) is 41.2 Å². The van der Waals surface area contributed by atoms with E-state index in [2.05, 4.69) is 4.90 Å². The quantitative estimate of drug-likeness (QED) is 0.824. The molecule has 2 aliphatic rings. The van der Waals surface area contributed by atoms with Crippen molar-refractivity contribution < 1.29 is 24.2 Å². The summed E-state index contributed by atoms with van der Waals surface area (Å²) in [5.74, 6) is -0.550. The minimum atomic E-state index is -0.577. The molecular weight excluding hydrogens is 336 g/mol. The topological polar surface area (TPSA) is 79.3 Å². The smallest absolute Gasteiger partial charge is 0.290 e.